The van der Waals surface area contributed by atoms with Gasteiger partial charge in [-0.15, -0.1) is 5.23 Å². The summed E-state index contributed by atoms with van der Waals surface area (Å²) in [6, 6.07) is 14.9. The predicted octanol–water partition coefficient (Wildman–Crippen LogP) is 6.38. The zero-order valence-electron chi connectivity index (χ0n) is 20.7. The highest BCUT2D eigenvalue weighted by atomic mass is 19.4. The zero-order chi connectivity index (χ0) is 29.2. The van der Waals surface area contributed by atoms with Crippen LogP contribution in [0, 0.1) is 23.0 Å². The molecule has 0 amide bonds. The maximum atomic E-state index is 14.5. The van der Waals surface area contributed by atoms with Gasteiger partial charge in [-0.3, -0.25) is 15.2 Å². The number of anilines is 1. The standard InChI is InChI=1S/C28H20F5N3O4/c1-2-40-26-9-7-17(11-25(26)36(38)39)16-4-3-5-18(10-16)24-13-22(28(31,32)33)21(14-34)27(37)35(24)15-19-6-8-20(29)12-23(19)30/h3-13,38-39H,2,15H2,1H3. The van der Waals surface area contributed by atoms with Gasteiger partial charge in [-0.25, -0.2) is 8.78 Å². The highest BCUT2D eigenvalue weighted by Gasteiger charge is 2.36. The molecule has 0 spiro atoms. The van der Waals surface area contributed by atoms with Crippen LogP contribution in [0.15, 0.2) is 71.5 Å². The number of halogens is 5. The van der Waals surface area contributed by atoms with Gasteiger partial charge in [-0.05, 0) is 53.9 Å². The molecule has 0 unspecified atom stereocenters. The first-order valence-corrected chi connectivity index (χ1v) is 11.7. The van der Waals surface area contributed by atoms with Crippen LogP contribution in [0.1, 0.15) is 23.6 Å². The molecule has 0 aliphatic rings. The normalized spacial score (nSPS) is 11.3. The molecule has 12 heteroatoms. The molecule has 7 nitrogen and oxygen atoms in total. The number of nitrogens with zero attached hydrogens (tertiary/aromatic N) is 3. The van der Waals surface area contributed by atoms with E-state index in [4.69, 9.17) is 4.74 Å². The third kappa shape index (κ3) is 5.66. The van der Waals surface area contributed by atoms with E-state index in [1.54, 1.807) is 19.1 Å². The number of ether oxygens (including phenoxy) is 1. The minimum Gasteiger partial charge on any atom is -0.492 e. The molecule has 4 rings (SSSR count). The van der Waals surface area contributed by atoms with Crippen molar-refractivity contribution in [1.82, 2.24) is 4.57 Å². The first-order valence-electron chi connectivity index (χ1n) is 11.7. The average Bonchev–Trinajstić information content (AvgIpc) is 2.90. The predicted molar refractivity (Wildman–Crippen MR) is 134 cm³/mol. The number of nitriles is 1. The number of alkyl halides is 3. The Bertz CT molecular complexity index is 1680. The maximum Gasteiger partial charge on any atom is 0.417 e. The Morgan fingerprint density at radius 2 is 1.68 bits per heavy atom. The van der Waals surface area contributed by atoms with Crippen LogP contribution in [0.3, 0.4) is 0 Å². The van der Waals surface area contributed by atoms with Crippen LogP contribution >= 0.6 is 0 Å². The van der Waals surface area contributed by atoms with Crippen LogP contribution in [-0.4, -0.2) is 21.6 Å². The fourth-order valence-corrected chi connectivity index (χ4v) is 4.18. The molecule has 1 heterocycles. The summed E-state index contributed by atoms with van der Waals surface area (Å²) >= 11 is 0. The van der Waals surface area contributed by atoms with Gasteiger partial charge in [0, 0.05) is 11.6 Å². The number of pyridine rings is 1. The van der Waals surface area contributed by atoms with Crippen LogP contribution in [0.4, 0.5) is 27.6 Å². The Morgan fingerprint density at radius 3 is 2.30 bits per heavy atom. The van der Waals surface area contributed by atoms with Crippen LogP contribution in [0.2, 0.25) is 0 Å². The average molecular weight is 557 g/mol. The van der Waals surface area contributed by atoms with Gasteiger partial charge in [0.15, 0.2) is 0 Å². The Balaban J connectivity index is 1.94. The van der Waals surface area contributed by atoms with E-state index in [-0.39, 0.29) is 40.1 Å². The van der Waals surface area contributed by atoms with Crippen LogP contribution < -0.4 is 15.5 Å². The molecule has 0 radical (unpaired) electrons. The molecular weight excluding hydrogens is 537 g/mol. The van der Waals surface area contributed by atoms with Gasteiger partial charge < -0.3 is 9.30 Å². The molecular formula is C28H20F5N3O4. The minimum atomic E-state index is -5.05. The SMILES string of the molecule is CCOc1ccc(-c2cccc(-c3cc(C(F)(F)F)c(C#N)c(=O)n3Cc3ccc(F)cc3F)c2)cc1N(O)O. The van der Waals surface area contributed by atoms with E-state index in [0.717, 1.165) is 16.7 Å². The summed E-state index contributed by atoms with van der Waals surface area (Å²) < 4.78 is 75.7. The van der Waals surface area contributed by atoms with Crippen LogP contribution in [-0.2, 0) is 12.7 Å². The van der Waals surface area contributed by atoms with E-state index in [1.165, 1.54) is 36.4 Å². The van der Waals surface area contributed by atoms with Gasteiger partial charge in [0.25, 0.3) is 5.56 Å². The lowest BCUT2D eigenvalue weighted by molar-refractivity contribution is -0.137. The summed E-state index contributed by atoms with van der Waals surface area (Å²) in [6.07, 6.45) is -5.05. The highest BCUT2D eigenvalue weighted by molar-refractivity contribution is 5.76. The van der Waals surface area contributed by atoms with E-state index in [9.17, 15) is 42.4 Å². The van der Waals surface area contributed by atoms with Crippen molar-refractivity contribution in [2.75, 3.05) is 11.8 Å². The number of hydrogen-bond donors (Lipinski definition) is 2. The second kappa shape index (κ2) is 11.2. The molecule has 0 atom stereocenters. The number of hydrogen-bond acceptors (Lipinski definition) is 6. The lowest BCUT2D eigenvalue weighted by atomic mass is 9.98. The summed E-state index contributed by atoms with van der Waals surface area (Å²) in [6.45, 7) is 1.35. The van der Waals surface area contributed by atoms with Crippen molar-refractivity contribution in [2.24, 2.45) is 0 Å². The summed E-state index contributed by atoms with van der Waals surface area (Å²) in [5.41, 5.74) is -3.58. The summed E-state index contributed by atoms with van der Waals surface area (Å²) in [4.78, 5) is 13.2. The smallest absolute Gasteiger partial charge is 0.417 e. The first-order chi connectivity index (χ1) is 18.9. The van der Waals surface area contributed by atoms with Crippen molar-refractivity contribution in [3.8, 4) is 34.2 Å². The van der Waals surface area contributed by atoms with Crippen LogP contribution in [0.5, 0.6) is 5.75 Å². The number of aromatic nitrogens is 1. The van der Waals surface area contributed by atoms with Crippen molar-refractivity contribution in [2.45, 2.75) is 19.6 Å². The van der Waals surface area contributed by atoms with Crippen molar-refractivity contribution >= 4 is 5.69 Å². The molecule has 40 heavy (non-hydrogen) atoms. The zero-order valence-corrected chi connectivity index (χ0v) is 20.7. The molecule has 2 N–H and O–H groups in total. The minimum absolute atomic E-state index is 0.104. The Hall–Kier alpha value is -4.73. The Labute approximate surface area is 224 Å². The van der Waals surface area contributed by atoms with E-state index in [0.29, 0.717) is 23.3 Å². The fraction of sp³-hybridized carbons (Fsp3) is 0.143. The molecule has 0 aliphatic heterocycles. The van der Waals surface area contributed by atoms with Crippen molar-refractivity contribution < 1.29 is 37.1 Å². The van der Waals surface area contributed by atoms with Crippen LogP contribution in [0.25, 0.3) is 22.4 Å². The molecule has 4 aromatic rings. The highest BCUT2D eigenvalue weighted by Crippen LogP contribution is 2.36. The fourth-order valence-electron chi connectivity index (χ4n) is 4.18. The van der Waals surface area contributed by atoms with Gasteiger partial charge in [0.05, 0.1) is 24.4 Å². The van der Waals surface area contributed by atoms with Crippen molar-refractivity contribution in [3.63, 3.8) is 0 Å². The molecule has 206 valence electrons. The molecule has 0 aliphatic carbocycles. The van der Waals surface area contributed by atoms with Gasteiger partial charge in [-0.2, -0.15) is 18.4 Å². The van der Waals surface area contributed by atoms with Gasteiger partial charge in [0.1, 0.15) is 34.7 Å². The molecule has 3 aromatic carbocycles. The maximum absolute atomic E-state index is 14.5. The van der Waals surface area contributed by atoms with Gasteiger partial charge in [-0.1, -0.05) is 30.3 Å². The van der Waals surface area contributed by atoms with E-state index >= 15 is 0 Å². The number of rotatable bonds is 7. The first kappa shape index (κ1) is 28.3. The topological polar surface area (TPSA) is 98.7 Å². The Kier molecular flexibility index (Phi) is 7.90. The Morgan fingerprint density at radius 1 is 0.975 bits per heavy atom. The summed E-state index contributed by atoms with van der Waals surface area (Å²) in [5, 5.41) is 28.5. The summed E-state index contributed by atoms with van der Waals surface area (Å²) in [7, 11) is 0. The largest absolute Gasteiger partial charge is 0.492 e. The number of benzene rings is 3. The second-order valence-electron chi connectivity index (χ2n) is 8.54. The quantitative estimate of drug-likeness (QED) is 0.202. The second-order valence-corrected chi connectivity index (χ2v) is 8.54. The van der Waals surface area contributed by atoms with Gasteiger partial charge in [0.2, 0.25) is 0 Å². The van der Waals surface area contributed by atoms with Crippen molar-refractivity contribution in [1.29, 1.82) is 5.26 Å². The third-order valence-corrected chi connectivity index (χ3v) is 6.03. The third-order valence-electron chi connectivity index (χ3n) is 6.03. The molecule has 0 fully saturated rings. The monoisotopic (exact) mass is 557 g/mol. The van der Waals surface area contributed by atoms with Gasteiger partial charge >= 0.3 is 6.18 Å². The van der Waals surface area contributed by atoms with Crippen molar-refractivity contribution in [3.05, 3.63) is 105 Å². The molecule has 0 saturated carbocycles. The lowest BCUT2D eigenvalue weighted by Crippen LogP contribution is -2.29. The van der Waals surface area contributed by atoms with E-state index < -0.39 is 41.0 Å². The molecule has 0 saturated heterocycles. The summed E-state index contributed by atoms with van der Waals surface area (Å²) in [5.74, 6) is -1.75. The molecule has 0 bridgehead atoms. The molecule has 1 aromatic heterocycles. The lowest BCUT2D eigenvalue weighted by Gasteiger charge is -2.19. The van der Waals surface area contributed by atoms with E-state index in [1.807, 2.05) is 0 Å². The van der Waals surface area contributed by atoms with E-state index in [2.05, 4.69) is 0 Å².